The lowest BCUT2D eigenvalue weighted by Crippen LogP contribution is -2.33. The summed E-state index contributed by atoms with van der Waals surface area (Å²) in [5.74, 6) is 0.476. The van der Waals surface area contributed by atoms with Crippen molar-refractivity contribution in [1.82, 2.24) is 10.5 Å². The van der Waals surface area contributed by atoms with Crippen molar-refractivity contribution >= 4 is 5.91 Å². The molecule has 1 atom stereocenters. The van der Waals surface area contributed by atoms with Gasteiger partial charge in [-0.1, -0.05) is 35.5 Å². The lowest BCUT2D eigenvalue weighted by molar-refractivity contribution is 0.0907. The number of hydrogen-bond acceptors (Lipinski definition) is 5. The van der Waals surface area contributed by atoms with E-state index in [1.807, 2.05) is 30.3 Å². The van der Waals surface area contributed by atoms with Gasteiger partial charge in [-0.05, 0) is 17.7 Å². The average molecular weight is 312 g/mol. The highest BCUT2D eigenvalue weighted by molar-refractivity contribution is 5.92. The second-order valence-electron chi connectivity index (χ2n) is 5.11. The molecule has 6 nitrogen and oxygen atoms in total. The summed E-state index contributed by atoms with van der Waals surface area (Å²) in [4.78, 5) is 12.0. The Morgan fingerprint density at radius 1 is 1.17 bits per heavy atom. The van der Waals surface area contributed by atoms with Crippen LogP contribution in [0.15, 0.2) is 63.7 Å². The maximum absolute atomic E-state index is 12.0. The number of benzene rings is 1. The summed E-state index contributed by atoms with van der Waals surface area (Å²) in [5.41, 5.74) is 1.15. The Kier molecular flexibility index (Phi) is 4.54. The molecule has 3 aromatic rings. The molecule has 3 rings (SSSR count). The third-order valence-electron chi connectivity index (χ3n) is 3.32. The zero-order valence-electron chi connectivity index (χ0n) is 12.3. The van der Waals surface area contributed by atoms with Gasteiger partial charge in [0.05, 0.1) is 12.4 Å². The standard InChI is InChI=1S/C17H16N2O4/c20-13(9-12-5-2-1-3-6-12)11-18-17(21)14-10-16(23-19-14)15-7-4-8-22-15/h1-8,10,13,20H,9,11H2,(H,18,21)/t13-/m1/s1. The largest absolute Gasteiger partial charge is 0.461 e. The number of rotatable bonds is 6. The molecule has 0 spiro atoms. The van der Waals surface area contributed by atoms with Gasteiger partial charge >= 0.3 is 0 Å². The Balaban J connectivity index is 1.53. The Labute approximate surface area is 132 Å². The van der Waals surface area contributed by atoms with E-state index in [1.165, 1.54) is 12.3 Å². The average Bonchev–Trinajstić information content (AvgIpc) is 3.24. The second kappa shape index (κ2) is 6.93. The zero-order valence-corrected chi connectivity index (χ0v) is 12.3. The molecule has 23 heavy (non-hydrogen) atoms. The number of aromatic nitrogens is 1. The highest BCUT2D eigenvalue weighted by Gasteiger charge is 2.16. The number of amides is 1. The third kappa shape index (κ3) is 3.87. The predicted molar refractivity (Wildman–Crippen MR) is 82.7 cm³/mol. The first-order chi connectivity index (χ1) is 11.2. The molecule has 0 aliphatic rings. The van der Waals surface area contributed by atoms with Gasteiger partial charge < -0.3 is 19.4 Å². The smallest absolute Gasteiger partial charge is 0.273 e. The molecule has 1 amide bonds. The van der Waals surface area contributed by atoms with Crippen LogP contribution in [0.4, 0.5) is 0 Å². The van der Waals surface area contributed by atoms with Gasteiger partial charge in [-0.15, -0.1) is 0 Å². The summed E-state index contributed by atoms with van der Waals surface area (Å²) in [6.07, 6.45) is 1.31. The van der Waals surface area contributed by atoms with Crippen LogP contribution in [-0.4, -0.2) is 28.8 Å². The number of nitrogens with zero attached hydrogens (tertiary/aromatic N) is 1. The van der Waals surface area contributed by atoms with Gasteiger partial charge in [-0.2, -0.15) is 0 Å². The van der Waals surface area contributed by atoms with Crippen molar-refractivity contribution in [2.24, 2.45) is 0 Å². The van der Waals surface area contributed by atoms with E-state index >= 15 is 0 Å². The van der Waals surface area contributed by atoms with Crippen molar-refractivity contribution in [2.45, 2.75) is 12.5 Å². The van der Waals surface area contributed by atoms with Crippen LogP contribution in [0, 0.1) is 0 Å². The van der Waals surface area contributed by atoms with Gasteiger partial charge in [0.2, 0.25) is 5.76 Å². The quantitative estimate of drug-likeness (QED) is 0.729. The van der Waals surface area contributed by atoms with Crippen LogP contribution in [0.1, 0.15) is 16.1 Å². The number of hydrogen-bond donors (Lipinski definition) is 2. The Bertz CT molecular complexity index is 750. The molecule has 2 heterocycles. The first kappa shape index (κ1) is 15.1. The number of nitrogens with one attached hydrogen (secondary N) is 1. The minimum Gasteiger partial charge on any atom is -0.461 e. The molecule has 2 aromatic heterocycles. The van der Waals surface area contributed by atoms with E-state index < -0.39 is 12.0 Å². The molecule has 6 heteroatoms. The molecule has 118 valence electrons. The van der Waals surface area contributed by atoms with Crippen molar-refractivity contribution in [3.8, 4) is 11.5 Å². The van der Waals surface area contributed by atoms with Crippen LogP contribution < -0.4 is 5.32 Å². The summed E-state index contributed by atoms with van der Waals surface area (Å²) in [6.45, 7) is 0.136. The van der Waals surface area contributed by atoms with Gasteiger partial charge in [-0.25, -0.2) is 0 Å². The monoisotopic (exact) mass is 312 g/mol. The highest BCUT2D eigenvalue weighted by Crippen LogP contribution is 2.20. The van der Waals surface area contributed by atoms with Crippen LogP contribution in [0.5, 0.6) is 0 Å². The molecule has 0 bridgehead atoms. The van der Waals surface area contributed by atoms with E-state index in [-0.39, 0.29) is 12.2 Å². The van der Waals surface area contributed by atoms with E-state index in [9.17, 15) is 9.90 Å². The zero-order chi connectivity index (χ0) is 16.1. The summed E-state index contributed by atoms with van der Waals surface area (Å²) in [5, 5.41) is 16.3. The maximum Gasteiger partial charge on any atom is 0.273 e. The van der Waals surface area contributed by atoms with Gasteiger partial charge in [0, 0.05) is 19.0 Å². The maximum atomic E-state index is 12.0. The molecule has 0 unspecified atom stereocenters. The normalized spacial score (nSPS) is 12.0. The first-order valence-electron chi connectivity index (χ1n) is 7.23. The molecule has 0 radical (unpaired) electrons. The Hall–Kier alpha value is -2.86. The molecule has 0 saturated heterocycles. The molecular weight excluding hydrogens is 296 g/mol. The minimum atomic E-state index is -0.669. The summed E-state index contributed by atoms with van der Waals surface area (Å²) < 4.78 is 10.2. The summed E-state index contributed by atoms with van der Waals surface area (Å²) in [7, 11) is 0. The lowest BCUT2D eigenvalue weighted by atomic mass is 10.1. The second-order valence-corrected chi connectivity index (χ2v) is 5.11. The fraction of sp³-hybridized carbons (Fsp3) is 0.176. The third-order valence-corrected chi connectivity index (χ3v) is 3.32. The van der Waals surface area contributed by atoms with Crippen LogP contribution in [0.2, 0.25) is 0 Å². The first-order valence-corrected chi connectivity index (χ1v) is 7.23. The number of furan rings is 1. The predicted octanol–water partition coefficient (Wildman–Crippen LogP) is 2.27. The Morgan fingerprint density at radius 2 is 2.00 bits per heavy atom. The van der Waals surface area contributed by atoms with Crippen molar-refractivity contribution in [2.75, 3.05) is 6.54 Å². The summed E-state index contributed by atoms with van der Waals surface area (Å²) >= 11 is 0. The van der Waals surface area contributed by atoms with Crippen LogP contribution in [-0.2, 0) is 6.42 Å². The van der Waals surface area contributed by atoms with E-state index in [0.29, 0.717) is 17.9 Å². The van der Waals surface area contributed by atoms with E-state index in [0.717, 1.165) is 5.56 Å². The Morgan fingerprint density at radius 3 is 2.74 bits per heavy atom. The van der Waals surface area contributed by atoms with Gasteiger partial charge in [0.25, 0.3) is 5.91 Å². The van der Waals surface area contributed by atoms with Crippen molar-refractivity contribution in [1.29, 1.82) is 0 Å². The number of aliphatic hydroxyl groups excluding tert-OH is 1. The van der Waals surface area contributed by atoms with E-state index in [4.69, 9.17) is 8.94 Å². The van der Waals surface area contributed by atoms with Gasteiger partial charge in [0.1, 0.15) is 0 Å². The molecule has 0 aliphatic heterocycles. The SMILES string of the molecule is O=C(NC[C@H](O)Cc1ccccc1)c1cc(-c2ccco2)on1. The van der Waals surface area contributed by atoms with Crippen molar-refractivity contribution < 1.29 is 18.8 Å². The van der Waals surface area contributed by atoms with E-state index in [1.54, 1.807) is 12.1 Å². The highest BCUT2D eigenvalue weighted by atomic mass is 16.5. The molecule has 1 aromatic carbocycles. The number of carbonyl (C=O) groups is 1. The van der Waals surface area contributed by atoms with Crippen LogP contribution in [0.3, 0.4) is 0 Å². The van der Waals surface area contributed by atoms with E-state index in [2.05, 4.69) is 10.5 Å². The topological polar surface area (TPSA) is 88.5 Å². The fourth-order valence-electron chi connectivity index (χ4n) is 2.18. The van der Waals surface area contributed by atoms with Gasteiger partial charge in [0.15, 0.2) is 11.5 Å². The van der Waals surface area contributed by atoms with Crippen molar-refractivity contribution in [3.05, 3.63) is 66.1 Å². The van der Waals surface area contributed by atoms with Crippen LogP contribution in [0.25, 0.3) is 11.5 Å². The van der Waals surface area contributed by atoms with Crippen molar-refractivity contribution in [3.63, 3.8) is 0 Å². The number of aliphatic hydroxyl groups is 1. The molecule has 0 fully saturated rings. The number of carbonyl (C=O) groups excluding carboxylic acids is 1. The van der Waals surface area contributed by atoms with Crippen LogP contribution >= 0.6 is 0 Å². The van der Waals surface area contributed by atoms with Gasteiger partial charge in [-0.3, -0.25) is 4.79 Å². The molecular formula is C17H16N2O4. The summed E-state index contributed by atoms with van der Waals surface area (Å²) in [6, 6.07) is 14.5. The fourth-order valence-corrected chi connectivity index (χ4v) is 2.18. The lowest BCUT2D eigenvalue weighted by Gasteiger charge is -2.11. The minimum absolute atomic E-state index is 0.136. The molecule has 0 aliphatic carbocycles. The molecule has 0 saturated carbocycles. The molecule has 2 N–H and O–H groups in total.